The van der Waals surface area contributed by atoms with Crippen molar-refractivity contribution in [3.8, 4) is 0 Å². The Kier molecular flexibility index (Phi) is 4.69. The first kappa shape index (κ1) is 15.8. The summed E-state index contributed by atoms with van der Waals surface area (Å²) in [6.45, 7) is 10.8. The topological polar surface area (TPSA) is 45.3 Å². The Morgan fingerprint density at radius 2 is 2.18 bits per heavy atom. The van der Waals surface area contributed by atoms with E-state index in [1.807, 2.05) is 6.92 Å². The van der Waals surface area contributed by atoms with Crippen molar-refractivity contribution in [2.45, 2.75) is 40.0 Å². The summed E-state index contributed by atoms with van der Waals surface area (Å²) in [6, 6.07) is 0. The highest BCUT2D eigenvalue weighted by Crippen LogP contribution is 2.37. The molecule has 2 heterocycles. The Labute approximate surface area is 133 Å². The molecule has 1 aromatic rings. The molecule has 0 radical (unpaired) electrons. The summed E-state index contributed by atoms with van der Waals surface area (Å²) in [6.07, 6.45) is 3.11. The molecule has 122 valence electrons. The van der Waals surface area contributed by atoms with Gasteiger partial charge >= 0.3 is 0 Å². The molecule has 1 aromatic heterocycles. The van der Waals surface area contributed by atoms with Crippen LogP contribution in [-0.4, -0.2) is 48.5 Å². The molecule has 0 saturated carbocycles. The number of nitrogens with one attached hydrogen (secondary N) is 1. The molecule has 0 aromatic carbocycles. The summed E-state index contributed by atoms with van der Waals surface area (Å²) < 4.78 is 5.46. The van der Waals surface area contributed by atoms with Gasteiger partial charge in [-0.15, -0.1) is 0 Å². The van der Waals surface area contributed by atoms with E-state index < -0.39 is 0 Å². The lowest BCUT2D eigenvalue weighted by Gasteiger charge is -2.40. The van der Waals surface area contributed by atoms with Crippen molar-refractivity contribution < 1.29 is 9.53 Å². The fraction of sp³-hybridized carbons (Fsp3) is 0.722. The van der Waals surface area contributed by atoms with Crippen LogP contribution in [0.2, 0.25) is 0 Å². The highest BCUT2D eigenvalue weighted by molar-refractivity contribution is 6.02. The van der Waals surface area contributed by atoms with Gasteiger partial charge in [0.1, 0.15) is 0 Å². The van der Waals surface area contributed by atoms with Crippen LogP contribution in [0.4, 0.5) is 0 Å². The first-order chi connectivity index (χ1) is 10.7. The van der Waals surface area contributed by atoms with Gasteiger partial charge in [-0.25, -0.2) is 0 Å². The molecule has 0 bridgehead atoms. The molecule has 1 aliphatic heterocycles. The van der Waals surface area contributed by atoms with Gasteiger partial charge in [0.05, 0.1) is 6.61 Å². The van der Waals surface area contributed by atoms with Crippen molar-refractivity contribution in [1.82, 2.24) is 9.88 Å². The van der Waals surface area contributed by atoms with E-state index in [0.29, 0.717) is 11.7 Å². The SMILES string of the molecule is CCOCCN1CCC2Cc3[nH]c(C)c(CC)c3C(=O)C2C1. The standard InChI is InChI=1S/C18H28N2O2/c1-4-14-12(3)19-16-10-13-6-7-20(8-9-22-5-2)11-15(13)18(21)17(14)16/h13,15,19H,4-11H2,1-3H3. The monoisotopic (exact) mass is 304 g/mol. The molecule has 1 fully saturated rings. The van der Waals surface area contributed by atoms with Crippen LogP contribution in [0.3, 0.4) is 0 Å². The normalized spacial score (nSPS) is 25.1. The van der Waals surface area contributed by atoms with Gasteiger partial charge in [-0.2, -0.15) is 0 Å². The number of Topliss-reactive ketones (excluding diaryl/α,β-unsaturated/α-hetero) is 1. The highest BCUT2D eigenvalue weighted by atomic mass is 16.5. The Morgan fingerprint density at radius 1 is 1.36 bits per heavy atom. The smallest absolute Gasteiger partial charge is 0.169 e. The number of hydrogen-bond donors (Lipinski definition) is 1. The largest absolute Gasteiger partial charge is 0.380 e. The fourth-order valence-corrected chi connectivity index (χ4v) is 4.22. The zero-order chi connectivity index (χ0) is 15.7. The van der Waals surface area contributed by atoms with Gasteiger partial charge in [-0.05, 0) is 51.1 Å². The summed E-state index contributed by atoms with van der Waals surface area (Å²) in [5.41, 5.74) is 4.65. The molecule has 2 unspecified atom stereocenters. The number of ketones is 1. The third-order valence-corrected chi connectivity index (χ3v) is 5.39. The molecule has 4 nitrogen and oxygen atoms in total. The molecule has 1 aliphatic carbocycles. The number of ether oxygens (including phenoxy) is 1. The van der Waals surface area contributed by atoms with E-state index in [9.17, 15) is 4.79 Å². The predicted molar refractivity (Wildman–Crippen MR) is 87.5 cm³/mol. The second kappa shape index (κ2) is 6.55. The molecule has 3 rings (SSSR count). The lowest BCUT2D eigenvalue weighted by atomic mass is 9.72. The molecule has 22 heavy (non-hydrogen) atoms. The van der Waals surface area contributed by atoms with Crippen molar-refractivity contribution in [2.75, 3.05) is 32.8 Å². The van der Waals surface area contributed by atoms with Crippen molar-refractivity contribution in [1.29, 1.82) is 0 Å². The van der Waals surface area contributed by atoms with Crippen LogP contribution in [0, 0.1) is 18.8 Å². The molecule has 0 amide bonds. The number of nitrogens with zero attached hydrogens (tertiary/aromatic N) is 1. The van der Waals surface area contributed by atoms with Gasteiger partial charge in [-0.3, -0.25) is 4.79 Å². The summed E-state index contributed by atoms with van der Waals surface area (Å²) in [4.78, 5) is 18.9. The number of piperidine rings is 1. The van der Waals surface area contributed by atoms with Gasteiger partial charge in [0.25, 0.3) is 0 Å². The van der Waals surface area contributed by atoms with E-state index in [4.69, 9.17) is 4.74 Å². The van der Waals surface area contributed by atoms with Crippen LogP contribution >= 0.6 is 0 Å². The number of aromatic amines is 1. The molecule has 2 atom stereocenters. The van der Waals surface area contributed by atoms with Crippen LogP contribution < -0.4 is 0 Å². The minimum Gasteiger partial charge on any atom is -0.380 e. The fourth-order valence-electron chi connectivity index (χ4n) is 4.22. The Bertz CT molecular complexity index is 550. The number of hydrogen-bond acceptors (Lipinski definition) is 3. The second-order valence-corrected chi connectivity index (χ2v) is 6.66. The molecular formula is C18H28N2O2. The quantitative estimate of drug-likeness (QED) is 0.851. The van der Waals surface area contributed by atoms with Crippen LogP contribution in [0.1, 0.15) is 47.6 Å². The Morgan fingerprint density at radius 3 is 2.91 bits per heavy atom. The van der Waals surface area contributed by atoms with Gasteiger partial charge in [0, 0.05) is 42.6 Å². The Hall–Kier alpha value is -1.13. The number of rotatable bonds is 5. The van der Waals surface area contributed by atoms with E-state index in [-0.39, 0.29) is 5.92 Å². The number of H-pyrrole nitrogens is 1. The number of carbonyl (C=O) groups excluding carboxylic acids is 1. The number of aryl methyl sites for hydroxylation is 1. The molecule has 1 N–H and O–H groups in total. The van der Waals surface area contributed by atoms with Crippen LogP contribution in [0.25, 0.3) is 0 Å². The number of carbonyl (C=O) groups is 1. The van der Waals surface area contributed by atoms with Crippen molar-refractivity contribution in [3.63, 3.8) is 0 Å². The average molecular weight is 304 g/mol. The molecule has 2 aliphatic rings. The summed E-state index contributed by atoms with van der Waals surface area (Å²) in [7, 11) is 0. The summed E-state index contributed by atoms with van der Waals surface area (Å²) in [5.74, 6) is 1.09. The second-order valence-electron chi connectivity index (χ2n) is 6.66. The lowest BCUT2D eigenvalue weighted by Crippen LogP contribution is -2.47. The molecule has 4 heteroatoms. The average Bonchev–Trinajstić information content (AvgIpc) is 2.83. The minimum atomic E-state index is 0.184. The molecule has 1 saturated heterocycles. The maximum absolute atomic E-state index is 13.0. The predicted octanol–water partition coefficient (Wildman–Crippen LogP) is 2.60. The highest BCUT2D eigenvalue weighted by Gasteiger charge is 2.41. The third-order valence-electron chi connectivity index (χ3n) is 5.39. The van der Waals surface area contributed by atoms with Crippen molar-refractivity contribution in [2.24, 2.45) is 11.8 Å². The summed E-state index contributed by atoms with van der Waals surface area (Å²) >= 11 is 0. The van der Waals surface area contributed by atoms with E-state index in [0.717, 1.165) is 57.7 Å². The van der Waals surface area contributed by atoms with E-state index in [1.165, 1.54) is 17.0 Å². The van der Waals surface area contributed by atoms with Gasteiger partial charge in [0.15, 0.2) is 5.78 Å². The van der Waals surface area contributed by atoms with E-state index in [1.54, 1.807) is 0 Å². The number of fused-ring (bicyclic) bond motifs is 2. The summed E-state index contributed by atoms with van der Waals surface area (Å²) in [5, 5.41) is 0. The van der Waals surface area contributed by atoms with Gasteiger partial charge in [0.2, 0.25) is 0 Å². The zero-order valence-electron chi connectivity index (χ0n) is 14.1. The lowest BCUT2D eigenvalue weighted by molar-refractivity contribution is 0.0539. The van der Waals surface area contributed by atoms with Gasteiger partial charge < -0.3 is 14.6 Å². The number of aromatic nitrogens is 1. The Balaban J connectivity index is 1.76. The van der Waals surface area contributed by atoms with Gasteiger partial charge in [-0.1, -0.05) is 6.92 Å². The first-order valence-corrected chi connectivity index (χ1v) is 8.70. The maximum Gasteiger partial charge on any atom is 0.169 e. The third kappa shape index (κ3) is 2.74. The zero-order valence-corrected chi connectivity index (χ0v) is 14.1. The first-order valence-electron chi connectivity index (χ1n) is 8.70. The maximum atomic E-state index is 13.0. The van der Waals surface area contributed by atoms with Crippen LogP contribution in [-0.2, 0) is 17.6 Å². The van der Waals surface area contributed by atoms with Crippen LogP contribution in [0.5, 0.6) is 0 Å². The minimum absolute atomic E-state index is 0.184. The van der Waals surface area contributed by atoms with E-state index in [2.05, 4.69) is 23.7 Å². The van der Waals surface area contributed by atoms with Crippen molar-refractivity contribution in [3.05, 3.63) is 22.5 Å². The number of likely N-dealkylation sites (tertiary alicyclic amines) is 1. The van der Waals surface area contributed by atoms with E-state index >= 15 is 0 Å². The molecular weight excluding hydrogens is 276 g/mol. The van der Waals surface area contributed by atoms with Crippen LogP contribution in [0.15, 0.2) is 0 Å². The molecule has 0 spiro atoms. The van der Waals surface area contributed by atoms with Crippen molar-refractivity contribution >= 4 is 5.78 Å².